The van der Waals surface area contributed by atoms with E-state index in [0.717, 1.165) is 53.6 Å². The summed E-state index contributed by atoms with van der Waals surface area (Å²) in [7, 11) is 3.90. The summed E-state index contributed by atoms with van der Waals surface area (Å²) >= 11 is 0. The number of hydrogen-bond donors (Lipinski definition) is 2. The number of pyridine rings is 1. The van der Waals surface area contributed by atoms with Crippen LogP contribution in [-0.4, -0.2) is 75.1 Å². The average Bonchev–Trinajstić information content (AvgIpc) is 3.74. The molecule has 2 amide bonds. The molecule has 7 rings (SSSR count). The monoisotopic (exact) mass is 723 g/mol. The number of rotatable bonds is 10. The normalized spacial score (nSPS) is 18.9. The number of carbonyl (C=O) groups is 1. The largest absolute Gasteiger partial charge is 0.492 e. The molecule has 3 atom stereocenters. The second kappa shape index (κ2) is 15.1. The molecular weight excluding hydrogens is 673 g/mol. The quantitative estimate of drug-likeness (QED) is 0.153. The van der Waals surface area contributed by atoms with Gasteiger partial charge in [-0.1, -0.05) is 45.0 Å². The van der Waals surface area contributed by atoms with Crippen LogP contribution < -0.4 is 25.0 Å². The number of carbonyl (C=O) groups excluding carboxylic acids is 1. The Morgan fingerprint density at radius 1 is 0.981 bits per heavy atom. The third-order valence-electron chi connectivity index (χ3n) is 10.1. The van der Waals surface area contributed by atoms with Crippen molar-refractivity contribution in [2.24, 2.45) is 0 Å². The number of benzene rings is 2. The number of likely N-dealkylation sites (N-methyl/N-ethyl adjacent to an activating group) is 1. The molecule has 12 nitrogen and oxygen atoms in total. The summed E-state index contributed by atoms with van der Waals surface area (Å²) in [6.07, 6.45) is 6.67. The Morgan fingerprint density at radius 2 is 1.79 bits per heavy atom. The summed E-state index contributed by atoms with van der Waals surface area (Å²) in [5.41, 5.74) is 3.69. The summed E-state index contributed by atoms with van der Waals surface area (Å²) in [6, 6.07) is 18.1. The molecule has 0 saturated carbocycles. The molecule has 2 N–H and O–H groups in total. The molecule has 13 heteroatoms. The first kappa shape index (κ1) is 36.2. The lowest BCUT2D eigenvalue weighted by molar-refractivity contribution is 0.171. The maximum Gasteiger partial charge on any atom is 0.320 e. The average molecular weight is 724 g/mol. The van der Waals surface area contributed by atoms with Crippen molar-refractivity contribution in [1.82, 2.24) is 34.6 Å². The smallest absolute Gasteiger partial charge is 0.320 e. The lowest BCUT2D eigenvalue weighted by Gasteiger charge is -2.33. The Kier molecular flexibility index (Phi) is 10.3. The van der Waals surface area contributed by atoms with E-state index in [9.17, 15) is 9.18 Å². The van der Waals surface area contributed by atoms with Crippen molar-refractivity contribution in [3.05, 3.63) is 89.5 Å². The van der Waals surface area contributed by atoms with E-state index in [-0.39, 0.29) is 23.6 Å². The van der Waals surface area contributed by atoms with Crippen molar-refractivity contribution in [3.63, 3.8) is 0 Å². The number of urea groups is 1. The Morgan fingerprint density at radius 3 is 2.57 bits per heavy atom. The van der Waals surface area contributed by atoms with E-state index in [1.807, 2.05) is 86.8 Å². The predicted molar refractivity (Wildman–Crippen MR) is 204 cm³/mol. The van der Waals surface area contributed by atoms with E-state index >= 15 is 0 Å². The van der Waals surface area contributed by atoms with Gasteiger partial charge in [0.25, 0.3) is 0 Å². The number of hydrogen-bond acceptors (Lipinski definition) is 8. The molecule has 2 aliphatic rings. The second-order valence-corrected chi connectivity index (χ2v) is 15.5. The van der Waals surface area contributed by atoms with Crippen molar-refractivity contribution < 1.29 is 18.7 Å². The topological polar surface area (TPSA) is 114 Å². The summed E-state index contributed by atoms with van der Waals surface area (Å²) in [4.78, 5) is 18.0. The maximum absolute atomic E-state index is 14.9. The van der Waals surface area contributed by atoms with E-state index in [1.165, 1.54) is 18.6 Å². The standard InChI is InChI=1S/C40H50FN9O3/c1-26-11-9-10-18-48(26)39-45-44-36-17-14-29(25-49(36)39)53-34-16-15-33(31-12-7-8-13-32(31)34)42-38(51)43-37-24-35(40(2,3)4)46-50(37)28-21-27(41)22-30(23-28)52-20-19-47(5)6/h7-8,12-14,17,21-26,33-34H,9-11,15-16,18-20H2,1-6H3,(H2,42,43,51)/t26-,33?,34+/m0/s1. The van der Waals surface area contributed by atoms with Crippen LogP contribution in [0.1, 0.15) is 88.8 Å². The zero-order chi connectivity index (χ0) is 37.3. The minimum Gasteiger partial charge on any atom is -0.492 e. The fourth-order valence-corrected chi connectivity index (χ4v) is 7.15. The van der Waals surface area contributed by atoms with Gasteiger partial charge in [0.1, 0.15) is 35.8 Å². The van der Waals surface area contributed by atoms with Gasteiger partial charge in [0.15, 0.2) is 5.65 Å². The maximum atomic E-state index is 14.9. The SMILES string of the molecule is C[C@H]1CCCCN1c1nnc2ccc(O[C@@H]3CCC(NC(=O)Nc4cc(C(C)(C)C)nn4-c4cc(F)cc(OCCN(C)C)c4)c4ccccc43)cn12. The second-order valence-electron chi connectivity index (χ2n) is 15.5. The van der Waals surface area contributed by atoms with Crippen LogP contribution in [-0.2, 0) is 5.41 Å². The minimum absolute atomic E-state index is 0.198. The Bertz CT molecular complexity index is 2070. The molecule has 0 spiro atoms. The molecule has 2 aromatic carbocycles. The first-order valence-corrected chi connectivity index (χ1v) is 18.6. The fourth-order valence-electron chi connectivity index (χ4n) is 7.15. The predicted octanol–water partition coefficient (Wildman–Crippen LogP) is 7.45. The molecule has 3 aromatic heterocycles. The van der Waals surface area contributed by atoms with Crippen LogP contribution in [0.4, 0.5) is 21.0 Å². The van der Waals surface area contributed by atoms with Gasteiger partial charge in [0.2, 0.25) is 5.95 Å². The van der Waals surface area contributed by atoms with Gasteiger partial charge in [0.05, 0.1) is 23.6 Å². The number of nitrogens with one attached hydrogen (secondary N) is 2. The van der Waals surface area contributed by atoms with Gasteiger partial charge >= 0.3 is 6.03 Å². The molecule has 4 heterocycles. The van der Waals surface area contributed by atoms with Gasteiger partial charge in [-0.15, -0.1) is 10.2 Å². The molecule has 0 bridgehead atoms. The van der Waals surface area contributed by atoms with E-state index in [2.05, 4.69) is 38.7 Å². The highest BCUT2D eigenvalue weighted by molar-refractivity contribution is 5.89. The summed E-state index contributed by atoms with van der Waals surface area (Å²) in [6.45, 7) is 10.4. The number of piperidine rings is 1. The zero-order valence-corrected chi connectivity index (χ0v) is 31.5. The number of halogens is 1. The summed E-state index contributed by atoms with van der Waals surface area (Å²) in [5, 5.41) is 19.9. The van der Waals surface area contributed by atoms with Crippen molar-refractivity contribution >= 4 is 23.4 Å². The van der Waals surface area contributed by atoms with Crippen LogP contribution in [0.2, 0.25) is 0 Å². The Labute approximate surface area is 310 Å². The molecule has 1 unspecified atom stereocenters. The summed E-state index contributed by atoms with van der Waals surface area (Å²) < 4.78 is 30.9. The van der Waals surface area contributed by atoms with E-state index in [4.69, 9.17) is 14.6 Å². The van der Waals surface area contributed by atoms with E-state index in [1.54, 1.807) is 10.7 Å². The van der Waals surface area contributed by atoms with Crippen LogP contribution in [0.25, 0.3) is 11.3 Å². The molecule has 1 fully saturated rings. The third kappa shape index (κ3) is 8.09. The van der Waals surface area contributed by atoms with Gasteiger partial charge in [-0.05, 0) is 82.4 Å². The third-order valence-corrected chi connectivity index (χ3v) is 10.1. The first-order chi connectivity index (χ1) is 25.4. The lowest BCUT2D eigenvalue weighted by Crippen LogP contribution is -2.38. The van der Waals surface area contributed by atoms with Crippen molar-refractivity contribution in [1.29, 1.82) is 0 Å². The molecule has 5 aromatic rings. The van der Waals surface area contributed by atoms with Crippen LogP contribution in [0.5, 0.6) is 11.5 Å². The molecule has 0 radical (unpaired) electrons. The van der Waals surface area contributed by atoms with Gasteiger partial charge in [0, 0.05) is 42.7 Å². The lowest BCUT2D eigenvalue weighted by atomic mass is 9.85. The van der Waals surface area contributed by atoms with Gasteiger partial charge in [-0.25, -0.2) is 13.9 Å². The highest BCUT2D eigenvalue weighted by atomic mass is 19.1. The number of aromatic nitrogens is 5. The van der Waals surface area contributed by atoms with Crippen molar-refractivity contribution in [2.75, 3.05) is 44.0 Å². The van der Waals surface area contributed by atoms with E-state index < -0.39 is 5.82 Å². The molecule has 280 valence electrons. The fraction of sp³-hybridized carbons (Fsp3) is 0.450. The molecule has 53 heavy (non-hydrogen) atoms. The summed E-state index contributed by atoms with van der Waals surface area (Å²) in [5.74, 6) is 1.93. The Hall–Kier alpha value is -5.17. The molecule has 1 aliphatic carbocycles. The van der Waals surface area contributed by atoms with Crippen molar-refractivity contribution in [3.8, 4) is 17.2 Å². The first-order valence-electron chi connectivity index (χ1n) is 18.6. The highest BCUT2D eigenvalue weighted by Gasteiger charge is 2.31. The highest BCUT2D eigenvalue weighted by Crippen LogP contribution is 2.39. The number of fused-ring (bicyclic) bond motifs is 2. The number of amides is 2. The molecular formula is C40H50FN9O3. The molecule has 1 aliphatic heterocycles. The van der Waals surface area contributed by atoms with Crippen molar-refractivity contribution in [2.45, 2.75) is 83.4 Å². The Balaban J connectivity index is 1.08. The van der Waals surface area contributed by atoms with Gasteiger partial charge in [-0.3, -0.25) is 9.72 Å². The van der Waals surface area contributed by atoms with Crippen LogP contribution in [0.3, 0.4) is 0 Å². The van der Waals surface area contributed by atoms with Gasteiger partial charge in [-0.2, -0.15) is 5.10 Å². The number of ether oxygens (including phenoxy) is 2. The minimum atomic E-state index is -0.459. The zero-order valence-electron chi connectivity index (χ0n) is 31.5. The number of anilines is 2. The molecule has 1 saturated heterocycles. The van der Waals surface area contributed by atoms with Gasteiger partial charge < -0.3 is 24.6 Å². The van der Waals surface area contributed by atoms with Crippen LogP contribution in [0.15, 0.2) is 66.9 Å². The number of nitrogens with zero attached hydrogens (tertiary/aromatic N) is 7. The van der Waals surface area contributed by atoms with Crippen LogP contribution >= 0.6 is 0 Å². The van der Waals surface area contributed by atoms with Crippen LogP contribution in [0, 0.1) is 5.82 Å². The van der Waals surface area contributed by atoms with E-state index in [0.29, 0.717) is 49.3 Å².